The van der Waals surface area contributed by atoms with Crippen LogP contribution in [0.15, 0.2) is 17.5 Å². The van der Waals surface area contributed by atoms with Crippen molar-refractivity contribution in [2.24, 2.45) is 0 Å². The molecule has 0 spiro atoms. The molecule has 0 aliphatic carbocycles. The molecule has 1 nitrogen and oxygen atoms in total. The zero-order valence-electron chi connectivity index (χ0n) is 7.26. The van der Waals surface area contributed by atoms with Crippen molar-refractivity contribution in [3.63, 3.8) is 0 Å². The normalized spacial score (nSPS) is 11.1. The summed E-state index contributed by atoms with van der Waals surface area (Å²) in [6, 6.07) is 4.42. The summed E-state index contributed by atoms with van der Waals surface area (Å²) in [5, 5.41) is 2.13. The van der Waals surface area contributed by atoms with Gasteiger partial charge in [-0.25, -0.2) is 0 Å². The zero-order valence-corrected chi connectivity index (χ0v) is 8.08. The zero-order chi connectivity index (χ0) is 8.39. The van der Waals surface area contributed by atoms with Gasteiger partial charge in [-0.3, -0.25) is 0 Å². The first-order valence-corrected chi connectivity index (χ1v) is 5.33. The second kappa shape index (κ2) is 3.31. The van der Waals surface area contributed by atoms with Crippen LogP contribution in [0.5, 0.6) is 0 Å². The van der Waals surface area contributed by atoms with E-state index in [0.29, 0.717) is 0 Å². The summed E-state index contributed by atoms with van der Waals surface area (Å²) in [5.41, 5.74) is 2.69. The van der Waals surface area contributed by atoms with E-state index >= 15 is 0 Å². The molecule has 0 saturated carbocycles. The number of fused-ring (bicyclic) bond motifs is 1. The first-order valence-electron chi connectivity index (χ1n) is 4.45. The number of aryl methyl sites for hydroxylation is 1. The summed E-state index contributed by atoms with van der Waals surface area (Å²) in [7, 11) is 0. The fourth-order valence-electron chi connectivity index (χ4n) is 1.41. The van der Waals surface area contributed by atoms with Crippen LogP contribution in [0.4, 0.5) is 0 Å². The van der Waals surface area contributed by atoms with Crippen LogP contribution in [0.3, 0.4) is 0 Å². The first-order chi connectivity index (χ1) is 5.90. The largest absolute Gasteiger partial charge is 0.358 e. The lowest BCUT2D eigenvalue weighted by molar-refractivity contribution is 0.782. The lowest BCUT2D eigenvalue weighted by atomic mass is 10.2. The summed E-state index contributed by atoms with van der Waals surface area (Å²) < 4.78 is 1.39. The lowest BCUT2D eigenvalue weighted by Gasteiger charge is -1.92. The third-order valence-corrected chi connectivity index (χ3v) is 2.96. The van der Waals surface area contributed by atoms with Crippen LogP contribution >= 0.6 is 11.3 Å². The average Bonchev–Trinajstić information content (AvgIpc) is 2.58. The summed E-state index contributed by atoms with van der Waals surface area (Å²) in [6.45, 7) is 2.23. The van der Waals surface area contributed by atoms with Gasteiger partial charge in [0.25, 0.3) is 0 Å². The van der Waals surface area contributed by atoms with Gasteiger partial charge in [0.05, 0.1) is 10.2 Å². The van der Waals surface area contributed by atoms with Crippen molar-refractivity contribution in [1.29, 1.82) is 0 Å². The van der Waals surface area contributed by atoms with Gasteiger partial charge in [-0.1, -0.05) is 13.3 Å². The fraction of sp³-hybridized carbons (Fsp3) is 0.400. The Balaban J connectivity index is 2.21. The second-order valence-electron chi connectivity index (χ2n) is 3.10. The number of nitrogens with one attached hydrogen (secondary N) is 1. The highest BCUT2D eigenvalue weighted by Gasteiger charge is 1.99. The number of hydrogen-bond acceptors (Lipinski definition) is 1. The summed E-state index contributed by atoms with van der Waals surface area (Å²) in [5.74, 6) is 0. The predicted molar refractivity (Wildman–Crippen MR) is 54.8 cm³/mol. The SMILES string of the molecule is CCCCc1cc2sccc2[nH]1. The molecule has 0 radical (unpaired) electrons. The minimum absolute atomic E-state index is 1.19. The van der Waals surface area contributed by atoms with Crippen molar-refractivity contribution in [3.8, 4) is 0 Å². The molecule has 2 heterocycles. The number of unbranched alkanes of at least 4 members (excludes halogenated alkanes) is 1. The van der Waals surface area contributed by atoms with Gasteiger partial charge in [0, 0.05) is 5.69 Å². The summed E-state index contributed by atoms with van der Waals surface area (Å²) >= 11 is 1.81. The van der Waals surface area contributed by atoms with E-state index in [1.165, 1.54) is 35.2 Å². The molecule has 64 valence electrons. The first kappa shape index (κ1) is 7.87. The molecule has 0 unspecified atom stereocenters. The van der Waals surface area contributed by atoms with Crippen molar-refractivity contribution in [1.82, 2.24) is 4.98 Å². The van der Waals surface area contributed by atoms with Gasteiger partial charge in [0.1, 0.15) is 0 Å². The minimum Gasteiger partial charge on any atom is -0.358 e. The summed E-state index contributed by atoms with van der Waals surface area (Å²) in [4.78, 5) is 3.42. The second-order valence-corrected chi connectivity index (χ2v) is 4.04. The molecule has 2 rings (SSSR count). The molecule has 0 amide bonds. The van der Waals surface area contributed by atoms with Gasteiger partial charge in [-0.05, 0) is 30.4 Å². The third-order valence-electron chi connectivity index (χ3n) is 2.10. The Kier molecular flexibility index (Phi) is 2.17. The highest BCUT2D eigenvalue weighted by atomic mass is 32.1. The quantitative estimate of drug-likeness (QED) is 0.741. The van der Waals surface area contributed by atoms with Crippen LogP contribution in [0.25, 0.3) is 10.2 Å². The van der Waals surface area contributed by atoms with Gasteiger partial charge in [-0.15, -0.1) is 11.3 Å². The number of H-pyrrole nitrogens is 1. The molecule has 0 aliphatic rings. The van der Waals surface area contributed by atoms with Gasteiger partial charge in [0.15, 0.2) is 0 Å². The Morgan fingerprint density at radius 2 is 2.42 bits per heavy atom. The minimum atomic E-state index is 1.19. The van der Waals surface area contributed by atoms with E-state index < -0.39 is 0 Å². The highest BCUT2D eigenvalue weighted by molar-refractivity contribution is 7.17. The van der Waals surface area contributed by atoms with Crippen molar-refractivity contribution in [2.75, 3.05) is 0 Å². The van der Waals surface area contributed by atoms with E-state index in [2.05, 4.69) is 29.4 Å². The maximum absolute atomic E-state index is 3.42. The Hall–Kier alpha value is -0.760. The van der Waals surface area contributed by atoms with Crippen molar-refractivity contribution < 1.29 is 0 Å². The number of aromatic amines is 1. The molecule has 0 aliphatic heterocycles. The molecular weight excluding hydrogens is 166 g/mol. The van der Waals surface area contributed by atoms with E-state index in [1.807, 2.05) is 11.3 Å². The predicted octanol–water partition coefficient (Wildman–Crippen LogP) is 3.57. The van der Waals surface area contributed by atoms with Crippen LogP contribution in [0.2, 0.25) is 0 Å². The van der Waals surface area contributed by atoms with Crippen LogP contribution in [0.1, 0.15) is 25.5 Å². The molecule has 12 heavy (non-hydrogen) atoms. The molecule has 2 aromatic rings. The standard InChI is InChI=1S/C10H13NS/c1-2-3-4-8-7-10-9(11-8)5-6-12-10/h5-7,11H,2-4H2,1H3. The third kappa shape index (κ3) is 1.39. The van der Waals surface area contributed by atoms with Crippen LogP contribution in [0, 0.1) is 0 Å². The molecule has 0 saturated heterocycles. The molecule has 1 N–H and O–H groups in total. The van der Waals surface area contributed by atoms with Gasteiger partial charge >= 0.3 is 0 Å². The number of rotatable bonds is 3. The van der Waals surface area contributed by atoms with Crippen LogP contribution < -0.4 is 0 Å². The molecule has 2 aromatic heterocycles. The topological polar surface area (TPSA) is 15.8 Å². The Labute approximate surface area is 76.4 Å². The van der Waals surface area contributed by atoms with E-state index in [4.69, 9.17) is 0 Å². The van der Waals surface area contributed by atoms with E-state index in [-0.39, 0.29) is 0 Å². The summed E-state index contributed by atoms with van der Waals surface area (Å²) in [6.07, 6.45) is 3.75. The number of aromatic nitrogens is 1. The fourth-order valence-corrected chi connectivity index (χ4v) is 2.21. The van der Waals surface area contributed by atoms with E-state index in [9.17, 15) is 0 Å². The molecule has 0 bridgehead atoms. The number of thiophene rings is 1. The maximum atomic E-state index is 3.42. The van der Waals surface area contributed by atoms with Gasteiger partial charge in [0.2, 0.25) is 0 Å². The van der Waals surface area contributed by atoms with Gasteiger partial charge in [-0.2, -0.15) is 0 Å². The highest BCUT2D eigenvalue weighted by Crippen LogP contribution is 2.21. The molecule has 0 fully saturated rings. The average molecular weight is 179 g/mol. The lowest BCUT2D eigenvalue weighted by Crippen LogP contribution is -1.82. The van der Waals surface area contributed by atoms with Crippen LogP contribution in [-0.4, -0.2) is 4.98 Å². The maximum Gasteiger partial charge on any atom is 0.0565 e. The molecular formula is C10H13NS. The smallest absolute Gasteiger partial charge is 0.0565 e. The van der Waals surface area contributed by atoms with E-state index in [1.54, 1.807) is 0 Å². The van der Waals surface area contributed by atoms with Gasteiger partial charge < -0.3 is 4.98 Å². The molecule has 0 aromatic carbocycles. The van der Waals surface area contributed by atoms with Crippen molar-refractivity contribution in [2.45, 2.75) is 26.2 Å². The molecule has 2 heteroatoms. The molecule has 0 atom stereocenters. The monoisotopic (exact) mass is 179 g/mol. The Morgan fingerprint density at radius 3 is 3.17 bits per heavy atom. The van der Waals surface area contributed by atoms with Crippen molar-refractivity contribution >= 4 is 21.6 Å². The van der Waals surface area contributed by atoms with Crippen LogP contribution in [-0.2, 0) is 6.42 Å². The Morgan fingerprint density at radius 1 is 1.50 bits per heavy atom. The Bertz CT molecular complexity index is 330. The van der Waals surface area contributed by atoms with Crippen molar-refractivity contribution in [3.05, 3.63) is 23.2 Å². The number of hydrogen-bond donors (Lipinski definition) is 1. The van der Waals surface area contributed by atoms with E-state index in [0.717, 1.165) is 0 Å².